The van der Waals surface area contributed by atoms with Crippen LogP contribution in [0.3, 0.4) is 0 Å². The molecular weight excluding hydrogens is 408 g/mol. The Morgan fingerprint density at radius 1 is 1.40 bits per heavy atom. The summed E-state index contributed by atoms with van der Waals surface area (Å²) in [4.78, 5) is 22.0. The number of nitrogens with zero attached hydrogens (tertiary/aromatic N) is 3. The molecule has 1 aliphatic heterocycles. The van der Waals surface area contributed by atoms with Gasteiger partial charge in [-0.1, -0.05) is 5.16 Å². The number of pyridine rings is 1. The van der Waals surface area contributed by atoms with Crippen LogP contribution < -0.4 is 5.32 Å². The number of anilines is 1. The lowest BCUT2D eigenvalue weighted by Gasteiger charge is -2.12. The fourth-order valence-electron chi connectivity index (χ4n) is 2.66. The smallest absolute Gasteiger partial charge is 0.261 e. The second kappa shape index (κ2) is 6.66. The minimum absolute atomic E-state index is 0.245. The molecule has 0 radical (unpaired) electrons. The van der Waals surface area contributed by atoms with Gasteiger partial charge in [0.25, 0.3) is 11.8 Å². The molecule has 0 spiro atoms. The van der Waals surface area contributed by atoms with E-state index in [-0.39, 0.29) is 5.91 Å². The first-order valence-electron chi connectivity index (χ1n) is 7.56. The molecule has 25 heavy (non-hydrogen) atoms. The highest BCUT2D eigenvalue weighted by Crippen LogP contribution is 2.42. The molecule has 3 aromatic rings. The Kier molecular flexibility index (Phi) is 4.36. The molecule has 0 aromatic carbocycles. The summed E-state index contributed by atoms with van der Waals surface area (Å²) < 4.78 is 11.6. The van der Waals surface area contributed by atoms with Crippen molar-refractivity contribution in [1.82, 2.24) is 15.1 Å². The van der Waals surface area contributed by atoms with E-state index in [1.165, 1.54) is 17.5 Å². The lowest BCUT2D eigenvalue weighted by molar-refractivity contribution is 0.102. The van der Waals surface area contributed by atoms with Gasteiger partial charge in [0.15, 0.2) is 5.82 Å². The number of aryl methyl sites for hydroxylation is 1. The number of ether oxygens (including phenoxy) is 1. The van der Waals surface area contributed by atoms with E-state index in [9.17, 15) is 4.79 Å². The molecule has 4 rings (SSSR count). The van der Waals surface area contributed by atoms with E-state index in [2.05, 4.69) is 36.4 Å². The van der Waals surface area contributed by atoms with Gasteiger partial charge in [0.05, 0.1) is 24.3 Å². The third kappa shape index (κ3) is 3.22. The first-order valence-corrected chi connectivity index (χ1v) is 9.17. The normalized spacial score (nSPS) is 13.5. The van der Waals surface area contributed by atoms with Crippen LogP contribution in [-0.4, -0.2) is 27.6 Å². The van der Waals surface area contributed by atoms with Crippen molar-refractivity contribution < 1.29 is 14.1 Å². The summed E-state index contributed by atoms with van der Waals surface area (Å²) in [6.45, 7) is 2.92. The maximum Gasteiger partial charge on any atom is 0.261 e. The molecule has 128 valence electrons. The molecule has 0 aliphatic carbocycles. The highest BCUT2D eigenvalue weighted by molar-refractivity contribution is 9.10. The zero-order valence-electron chi connectivity index (χ0n) is 13.2. The number of fused-ring (bicyclic) bond motifs is 1. The summed E-state index contributed by atoms with van der Waals surface area (Å²) in [6.07, 6.45) is 3.90. The summed E-state index contributed by atoms with van der Waals surface area (Å²) in [7, 11) is 0. The summed E-state index contributed by atoms with van der Waals surface area (Å²) in [5.74, 6) is 0.723. The van der Waals surface area contributed by atoms with Crippen LogP contribution in [0.15, 0.2) is 27.5 Å². The van der Waals surface area contributed by atoms with E-state index in [0.29, 0.717) is 35.5 Å². The van der Waals surface area contributed by atoms with Crippen molar-refractivity contribution in [3.63, 3.8) is 0 Å². The third-order valence-corrected chi connectivity index (χ3v) is 5.31. The van der Waals surface area contributed by atoms with Crippen molar-refractivity contribution >= 4 is 38.2 Å². The molecule has 0 saturated carbocycles. The molecule has 1 N–H and O–H groups in total. The molecule has 3 aromatic heterocycles. The number of aromatic nitrogens is 3. The van der Waals surface area contributed by atoms with E-state index in [4.69, 9.17) is 9.26 Å². The lowest BCUT2D eigenvalue weighted by Crippen LogP contribution is -2.12. The van der Waals surface area contributed by atoms with Gasteiger partial charge in [-0.25, -0.2) is 0 Å². The largest absolute Gasteiger partial charge is 0.376 e. The number of hydrogen-bond acceptors (Lipinski definition) is 7. The molecule has 0 unspecified atom stereocenters. The first-order chi connectivity index (χ1) is 12.1. The van der Waals surface area contributed by atoms with E-state index < -0.39 is 0 Å². The van der Waals surface area contributed by atoms with Crippen LogP contribution >= 0.6 is 27.3 Å². The third-order valence-electron chi connectivity index (χ3n) is 3.76. The van der Waals surface area contributed by atoms with E-state index in [1.54, 1.807) is 19.2 Å². The number of nitrogens with one attached hydrogen (secondary N) is 1. The Morgan fingerprint density at radius 3 is 3.04 bits per heavy atom. The van der Waals surface area contributed by atoms with Crippen LogP contribution in [0.1, 0.15) is 26.6 Å². The quantitative estimate of drug-likeness (QED) is 0.695. The van der Waals surface area contributed by atoms with E-state index in [0.717, 1.165) is 26.9 Å². The highest BCUT2D eigenvalue weighted by atomic mass is 79.9. The van der Waals surface area contributed by atoms with E-state index in [1.807, 2.05) is 0 Å². The highest BCUT2D eigenvalue weighted by Gasteiger charge is 2.27. The predicted octanol–water partition coefficient (Wildman–Crippen LogP) is 3.59. The maximum absolute atomic E-state index is 12.6. The van der Waals surface area contributed by atoms with Gasteiger partial charge >= 0.3 is 0 Å². The minimum atomic E-state index is -0.245. The number of carbonyl (C=O) groups excluding carboxylic acids is 1. The van der Waals surface area contributed by atoms with Crippen molar-refractivity contribution in [2.75, 3.05) is 11.9 Å². The molecule has 0 bridgehead atoms. The van der Waals surface area contributed by atoms with Crippen LogP contribution in [0.25, 0.3) is 11.5 Å². The van der Waals surface area contributed by atoms with Gasteiger partial charge in [-0.3, -0.25) is 9.78 Å². The number of thiophene rings is 1. The molecule has 7 nitrogen and oxygen atoms in total. The Balaban J connectivity index is 1.74. The predicted molar refractivity (Wildman–Crippen MR) is 95.6 cm³/mol. The number of rotatable bonds is 3. The fraction of sp³-hybridized carbons (Fsp3) is 0.250. The van der Waals surface area contributed by atoms with Crippen LogP contribution in [0.2, 0.25) is 0 Å². The number of amides is 1. The Hall–Kier alpha value is -2.10. The Labute approximate surface area is 155 Å². The Morgan fingerprint density at radius 2 is 2.28 bits per heavy atom. The molecule has 0 saturated heterocycles. The Bertz CT molecular complexity index is 953. The second-order valence-electron chi connectivity index (χ2n) is 5.50. The topological polar surface area (TPSA) is 90.1 Å². The molecule has 0 fully saturated rings. The average Bonchev–Trinajstić information content (AvgIpc) is 3.17. The maximum atomic E-state index is 12.6. The SMILES string of the molecule is Cc1noc(-c2c(NC(=O)c3cncc(Br)c3)sc3c2CCOC3)n1. The van der Waals surface area contributed by atoms with Crippen LogP contribution in [0, 0.1) is 6.92 Å². The molecular formula is C16H13BrN4O3S. The standard InChI is InChI=1S/C16H13BrN4O3S/c1-8-19-15(24-21-8)13-11-2-3-23-7-12(11)25-16(13)20-14(22)9-4-10(17)6-18-5-9/h4-6H,2-3,7H2,1H3,(H,20,22). The number of hydrogen-bond donors (Lipinski definition) is 1. The fourth-order valence-corrected chi connectivity index (χ4v) is 4.19. The minimum Gasteiger partial charge on any atom is -0.376 e. The zero-order chi connectivity index (χ0) is 17.4. The van der Waals surface area contributed by atoms with Gasteiger partial charge in [-0.15, -0.1) is 11.3 Å². The summed E-state index contributed by atoms with van der Waals surface area (Å²) in [6, 6.07) is 1.72. The van der Waals surface area contributed by atoms with E-state index >= 15 is 0 Å². The van der Waals surface area contributed by atoms with Gasteiger partial charge in [0.2, 0.25) is 0 Å². The number of carbonyl (C=O) groups is 1. The molecule has 0 atom stereocenters. The van der Waals surface area contributed by atoms with Crippen LogP contribution in [-0.2, 0) is 17.8 Å². The number of halogens is 1. The van der Waals surface area contributed by atoms with Crippen molar-refractivity contribution in [1.29, 1.82) is 0 Å². The second-order valence-corrected chi connectivity index (χ2v) is 7.52. The molecule has 9 heteroatoms. The van der Waals surface area contributed by atoms with Crippen molar-refractivity contribution in [3.05, 3.63) is 44.8 Å². The van der Waals surface area contributed by atoms with Gasteiger partial charge < -0.3 is 14.6 Å². The lowest BCUT2D eigenvalue weighted by atomic mass is 10.1. The van der Waals surface area contributed by atoms with Crippen molar-refractivity contribution in [3.8, 4) is 11.5 Å². The van der Waals surface area contributed by atoms with Crippen LogP contribution in [0.5, 0.6) is 0 Å². The molecule has 1 aliphatic rings. The van der Waals surface area contributed by atoms with Crippen molar-refractivity contribution in [2.45, 2.75) is 20.0 Å². The molecule has 4 heterocycles. The monoisotopic (exact) mass is 420 g/mol. The summed E-state index contributed by atoms with van der Waals surface area (Å²) >= 11 is 4.80. The van der Waals surface area contributed by atoms with Gasteiger partial charge in [-0.05, 0) is 40.9 Å². The average molecular weight is 421 g/mol. The summed E-state index contributed by atoms with van der Waals surface area (Å²) in [5.41, 5.74) is 2.35. The zero-order valence-corrected chi connectivity index (χ0v) is 15.6. The van der Waals surface area contributed by atoms with Gasteiger partial charge in [0.1, 0.15) is 5.00 Å². The molecule has 1 amide bonds. The van der Waals surface area contributed by atoms with Gasteiger partial charge in [-0.2, -0.15) is 4.98 Å². The van der Waals surface area contributed by atoms with Gasteiger partial charge in [0, 0.05) is 21.7 Å². The van der Waals surface area contributed by atoms with Crippen LogP contribution in [0.4, 0.5) is 5.00 Å². The van der Waals surface area contributed by atoms with Crippen molar-refractivity contribution in [2.24, 2.45) is 0 Å². The first kappa shape index (κ1) is 16.4. The summed E-state index contributed by atoms with van der Waals surface area (Å²) in [5, 5.41) is 7.51.